The van der Waals surface area contributed by atoms with E-state index in [4.69, 9.17) is 16.3 Å². The Morgan fingerprint density at radius 1 is 1.35 bits per heavy atom. The predicted molar refractivity (Wildman–Crippen MR) is 64.6 cm³/mol. The summed E-state index contributed by atoms with van der Waals surface area (Å²) in [6, 6.07) is 6.71. The highest BCUT2D eigenvalue weighted by Crippen LogP contribution is 2.21. The van der Waals surface area contributed by atoms with Gasteiger partial charge >= 0.3 is 0 Å². The van der Waals surface area contributed by atoms with E-state index in [1.54, 1.807) is 31.3 Å². The van der Waals surface area contributed by atoms with Crippen LogP contribution in [0.2, 0.25) is 5.02 Å². The van der Waals surface area contributed by atoms with Crippen LogP contribution in [0.15, 0.2) is 30.5 Å². The maximum Gasteiger partial charge on any atom is 0.214 e. The van der Waals surface area contributed by atoms with Crippen LogP contribution in [0, 0.1) is 0 Å². The lowest BCUT2D eigenvalue weighted by molar-refractivity contribution is 0.102. The van der Waals surface area contributed by atoms with Gasteiger partial charge in [0.1, 0.15) is 0 Å². The van der Waals surface area contributed by atoms with Gasteiger partial charge in [-0.2, -0.15) is 5.10 Å². The van der Waals surface area contributed by atoms with E-state index in [0.29, 0.717) is 22.0 Å². The van der Waals surface area contributed by atoms with Gasteiger partial charge in [-0.1, -0.05) is 11.6 Å². The fourth-order valence-corrected chi connectivity index (χ4v) is 1.69. The number of benzene rings is 1. The largest absolute Gasteiger partial charge is 0.493 e. The molecular formula is C12H11ClN2O2. The van der Waals surface area contributed by atoms with Crippen molar-refractivity contribution in [1.29, 1.82) is 0 Å². The van der Waals surface area contributed by atoms with Crippen molar-refractivity contribution in [2.75, 3.05) is 7.11 Å². The van der Waals surface area contributed by atoms with Gasteiger partial charge in [0.15, 0.2) is 11.4 Å². The number of aryl methyl sites for hydroxylation is 1. The molecular weight excluding hydrogens is 240 g/mol. The summed E-state index contributed by atoms with van der Waals surface area (Å²) in [6.45, 7) is 0. The highest BCUT2D eigenvalue weighted by molar-refractivity contribution is 6.30. The van der Waals surface area contributed by atoms with Crippen LogP contribution in [0.5, 0.6) is 5.75 Å². The zero-order valence-corrected chi connectivity index (χ0v) is 10.2. The molecule has 0 aliphatic heterocycles. The lowest BCUT2D eigenvalue weighted by Crippen LogP contribution is -2.09. The van der Waals surface area contributed by atoms with Crippen LogP contribution in [0.1, 0.15) is 16.1 Å². The van der Waals surface area contributed by atoms with Crippen molar-refractivity contribution < 1.29 is 9.53 Å². The van der Waals surface area contributed by atoms with Crippen molar-refractivity contribution in [3.05, 3.63) is 46.7 Å². The molecule has 0 spiro atoms. The monoisotopic (exact) mass is 250 g/mol. The molecule has 2 aromatic rings. The van der Waals surface area contributed by atoms with E-state index in [-0.39, 0.29) is 5.78 Å². The minimum Gasteiger partial charge on any atom is -0.493 e. The van der Waals surface area contributed by atoms with Crippen molar-refractivity contribution in [1.82, 2.24) is 9.78 Å². The quantitative estimate of drug-likeness (QED) is 0.786. The van der Waals surface area contributed by atoms with Crippen LogP contribution in [0.4, 0.5) is 0 Å². The molecule has 0 aliphatic carbocycles. The Kier molecular flexibility index (Phi) is 3.15. The van der Waals surface area contributed by atoms with E-state index in [9.17, 15) is 4.79 Å². The minimum atomic E-state index is -0.140. The Morgan fingerprint density at radius 2 is 2.00 bits per heavy atom. The van der Waals surface area contributed by atoms with Gasteiger partial charge in [0, 0.05) is 17.6 Å². The molecule has 17 heavy (non-hydrogen) atoms. The zero-order valence-electron chi connectivity index (χ0n) is 9.48. The summed E-state index contributed by atoms with van der Waals surface area (Å²) in [5, 5.41) is 4.59. The predicted octanol–water partition coefficient (Wildman–Crippen LogP) is 2.31. The lowest BCUT2D eigenvalue weighted by atomic mass is 10.1. The van der Waals surface area contributed by atoms with E-state index in [0.717, 1.165) is 0 Å². The molecule has 4 nitrogen and oxygen atoms in total. The molecule has 0 saturated heterocycles. The average molecular weight is 251 g/mol. The number of hydrogen-bond acceptors (Lipinski definition) is 3. The third-order valence-corrected chi connectivity index (χ3v) is 2.70. The summed E-state index contributed by atoms with van der Waals surface area (Å²) in [7, 11) is 3.21. The van der Waals surface area contributed by atoms with Gasteiger partial charge in [-0.15, -0.1) is 0 Å². The summed E-state index contributed by atoms with van der Waals surface area (Å²) in [4.78, 5) is 12.2. The third kappa shape index (κ3) is 2.17. The van der Waals surface area contributed by atoms with Crippen LogP contribution in [0.3, 0.4) is 0 Å². The number of methoxy groups -OCH3 is 1. The number of hydrogen-bond donors (Lipinski definition) is 0. The maximum absolute atomic E-state index is 12.2. The van der Waals surface area contributed by atoms with Gasteiger partial charge in [0.05, 0.1) is 13.3 Å². The fourth-order valence-electron chi connectivity index (χ4n) is 1.56. The zero-order chi connectivity index (χ0) is 12.4. The summed E-state index contributed by atoms with van der Waals surface area (Å²) in [5.74, 6) is 0.325. The van der Waals surface area contributed by atoms with E-state index in [1.165, 1.54) is 18.0 Å². The van der Waals surface area contributed by atoms with Crippen molar-refractivity contribution >= 4 is 17.4 Å². The van der Waals surface area contributed by atoms with Crippen LogP contribution in [-0.4, -0.2) is 22.7 Å². The molecule has 5 heteroatoms. The molecule has 0 aliphatic rings. The van der Waals surface area contributed by atoms with Gasteiger partial charge in [-0.05, 0) is 24.3 Å². The van der Waals surface area contributed by atoms with E-state index < -0.39 is 0 Å². The Morgan fingerprint density at radius 3 is 2.59 bits per heavy atom. The summed E-state index contributed by atoms with van der Waals surface area (Å²) < 4.78 is 6.60. The summed E-state index contributed by atoms with van der Waals surface area (Å²) in [6.07, 6.45) is 1.52. The lowest BCUT2D eigenvalue weighted by Gasteiger charge is -2.04. The molecule has 0 radical (unpaired) electrons. The topological polar surface area (TPSA) is 44.1 Å². The molecule has 1 aromatic heterocycles. The number of carbonyl (C=O) groups is 1. The highest BCUT2D eigenvalue weighted by Gasteiger charge is 2.19. The number of rotatable bonds is 3. The molecule has 0 saturated carbocycles. The smallest absolute Gasteiger partial charge is 0.214 e. The first-order chi connectivity index (χ1) is 8.13. The van der Waals surface area contributed by atoms with Crippen molar-refractivity contribution in [2.45, 2.75) is 0 Å². The van der Waals surface area contributed by atoms with Crippen molar-refractivity contribution in [2.24, 2.45) is 7.05 Å². The molecule has 0 unspecified atom stereocenters. The maximum atomic E-state index is 12.2. The summed E-state index contributed by atoms with van der Waals surface area (Å²) >= 11 is 5.78. The normalized spacial score (nSPS) is 10.3. The SMILES string of the molecule is COc1cnn(C)c1C(=O)c1ccc(Cl)cc1. The average Bonchev–Trinajstić information content (AvgIpc) is 2.70. The Labute approximate surface area is 104 Å². The van der Waals surface area contributed by atoms with Crippen LogP contribution in [-0.2, 0) is 7.05 Å². The van der Waals surface area contributed by atoms with Crippen molar-refractivity contribution in [3.8, 4) is 5.75 Å². The molecule has 0 atom stereocenters. The summed E-state index contributed by atoms with van der Waals surface area (Å²) in [5.41, 5.74) is 0.978. The number of ether oxygens (including phenoxy) is 1. The third-order valence-electron chi connectivity index (χ3n) is 2.45. The van der Waals surface area contributed by atoms with Gasteiger partial charge in [0.2, 0.25) is 5.78 Å². The van der Waals surface area contributed by atoms with Gasteiger partial charge in [-0.3, -0.25) is 9.48 Å². The number of halogens is 1. The van der Waals surface area contributed by atoms with E-state index in [1.807, 2.05) is 0 Å². The Bertz CT molecular complexity index is 546. The molecule has 88 valence electrons. The number of nitrogens with zero attached hydrogens (tertiary/aromatic N) is 2. The fraction of sp³-hybridized carbons (Fsp3) is 0.167. The van der Waals surface area contributed by atoms with Gasteiger partial charge in [0.25, 0.3) is 0 Å². The number of ketones is 1. The standard InChI is InChI=1S/C12H11ClN2O2/c1-15-11(10(17-2)7-14-15)12(16)8-3-5-9(13)6-4-8/h3-7H,1-2H3. The Hall–Kier alpha value is -1.81. The second-order valence-electron chi connectivity index (χ2n) is 3.52. The van der Waals surface area contributed by atoms with E-state index in [2.05, 4.69) is 5.10 Å². The second-order valence-corrected chi connectivity index (χ2v) is 3.96. The molecule has 2 rings (SSSR count). The number of aromatic nitrogens is 2. The van der Waals surface area contributed by atoms with Crippen molar-refractivity contribution in [3.63, 3.8) is 0 Å². The first-order valence-corrected chi connectivity index (χ1v) is 5.37. The molecule has 0 bridgehead atoms. The van der Waals surface area contributed by atoms with Crippen LogP contribution >= 0.6 is 11.6 Å². The Balaban J connectivity index is 2.43. The van der Waals surface area contributed by atoms with Gasteiger partial charge in [-0.25, -0.2) is 0 Å². The van der Waals surface area contributed by atoms with Gasteiger partial charge < -0.3 is 4.74 Å². The molecule has 1 heterocycles. The van der Waals surface area contributed by atoms with Crippen LogP contribution in [0.25, 0.3) is 0 Å². The minimum absolute atomic E-state index is 0.140. The first-order valence-electron chi connectivity index (χ1n) is 4.99. The molecule has 1 aromatic carbocycles. The number of carbonyl (C=O) groups excluding carboxylic acids is 1. The molecule has 0 fully saturated rings. The molecule has 0 N–H and O–H groups in total. The molecule has 0 amide bonds. The van der Waals surface area contributed by atoms with Crippen LogP contribution < -0.4 is 4.74 Å². The van der Waals surface area contributed by atoms with E-state index >= 15 is 0 Å². The highest BCUT2D eigenvalue weighted by atomic mass is 35.5. The first kappa shape index (κ1) is 11.7. The second kappa shape index (κ2) is 4.59.